The van der Waals surface area contributed by atoms with Crippen molar-refractivity contribution in [2.45, 2.75) is 122 Å². The minimum Gasteiger partial charge on any atom is -0.462 e. The summed E-state index contributed by atoms with van der Waals surface area (Å²) in [6.45, 7) is 12.4. The summed E-state index contributed by atoms with van der Waals surface area (Å²) in [5.74, 6) is -5.27. The quantitative estimate of drug-likeness (QED) is 0.193. The molecule has 17 nitrogen and oxygen atoms in total. The van der Waals surface area contributed by atoms with Crippen LogP contribution in [-0.4, -0.2) is 127 Å². The van der Waals surface area contributed by atoms with Crippen LogP contribution in [0.25, 0.3) is 0 Å². The van der Waals surface area contributed by atoms with Gasteiger partial charge in [0.15, 0.2) is 11.9 Å². The Hall–Kier alpha value is -4.75. The maximum absolute atomic E-state index is 15.9. The van der Waals surface area contributed by atoms with Gasteiger partial charge in [0.05, 0.1) is 55.0 Å². The predicted octanol–water partition coefficient (Wildman–Crippen LogP) is 4.13. The lowest BCUT2D eigenvalue weighted by molar-refractivity contribution is -0.322. The Bertz CT molecular complexity index is 2100. The zero-order valence-electron chi connectivity index (χ0n) is 37.4. The molecular formula is C47H59NO16. The molecule has 0 aromatic heterocycles. The Labute approximate surface area is 372 Å². The van der Waals surface area contributed by atoms with Crippen LogP contribution < -0.4 is 5.32 Å². The van der Waals surface area contributed by atoms with Gasteiger partial charge in [-0.1, -0.05) is 62.4 Å². The maximum Gasteiger partial charge on any atom is 0.408 e. The maximum atomic E-state index is 15.9. The first-order valence-electron chi connectivity index (χ1n) is 21.5. The molecule has 0 unspecified atom stereocenters. The molecule has 12 atom stereocenters. The summed E-state index contributed by atoms with van der Waals surface area (Å²) in [7, 11) is 0. The van der Waals surface area contributed by atoms with Crippen molar-refractivity contribution in [1.82, 2.24) is 5.32 Å². The van der Waals surface area contributed by atoms with E-state index in [4.69, 9.17) is 42.6 Å². The predicted molar refractivity (Wildman–Crippen MR) is 223 cm³/mol. The fourth-order valence-corrected chi connectivity index (χ4v) is 10.2. The molecule has 64 heavy (non-hydrogen) atoms. The third-order valence-corrected chi connectivity index (χ3v) is 13.5. The molecule has 0 spiro atoms. The molecule has 2 aliphatic heterocycles. The Morgan fingerprint density at radius 2 is 1.50 bits per heavy atom. The number of fused-ring (bicyclic) bond motifs is 6. The Morgan fingerprint density at radius 3 is 2.09 bits per heavy atom. The molecule has 5 aliphatic rings. The molecule has 2 aromatic carbocycles. The number of hydrogen-bond donors (Lipinski definition) is 3. The van der Waals surface area contributed by atoms with E-state index >= 15 is 4.79 Å². The average molecular weight is 894 g/mol. The molecule has 2 saturated carbocycles. The van der Waals surface area contributed by atoms with Crippen LogP contribution in [0.5, 0.6) is 0 Å². The van der Waals surface area contributed by atoms with Crippen LogP contribution in [0.4, 0.5) is 4.79 Å². The highest BCUT2D eigenvalue weighted by atomic mass is 16.7. The lowest BCUT2D eigenvalue weighted by atomic mass is 9.46. The molecule has 348 valence electrons. The first-order valence-corrected chi connectivity index (χ1v) is 21.5. The minimum absolute atomic E-state index is 0.0762. The number of carbonyl (C=O) groups is 5. The van der Waals surface area contributed by atoms with Gasteiger partial charge in [-0.2, -0.15) is 0 Å². The van der Waals surface area contributed by atoms with Crippen molar-refractivity contribution < 1.29 is 76.8 Å². The number of esters is 3. The van der Waals surface area contributed by atoms with Crippen molar-refractivity contribution in [3.63, 3.8) is 0 Å². The molecular weight excluding hydrogens is 835 g/mol. The number of benzene rings is 2. The molecule has 3 aliphatic carbocycles. The number of aliphatic hydroxyl groups excluding tert-OH is 1. The Balaban J connectivity index is 1.40. The van der Waals surface area contributed by atoms with Gasteiger partial charge in [0, 0.05) is 24.7 Å². The van der Waals surface area contributed by atoms with Gasteiger partial charge in [-0.15, -0.1) is 0 Å². The molecule has 4 bridgehead atoms. The van der Waals surface area contributed by atoms with Crippen molar-refractivity contribution in [2.75, 3.05) is 33.4 Å². The number of hydrogen-bond acceptors (Lipinski definition) is 16. The largest absolute Gasteiger partial charge is 0.462 e. The van der Waals surface area contributed by atoms with Crippen molar-refractivity contribution in [3.8, 4) is 0 Å². The number of aliphatic hydroxyl groups is 2. The van der Waals surface area contributed by atoms with E-state index < -0.39 is 126 Å². The molecule has 1 amide bonds. The summed E-state index contributed by atoms with van der Waals surface area (Å²) in [5.41, 5.74) is -5.52. The van der Waals surface area contributed by atoms with Crippen LogP contribution in [0.1, 0.15) is 83.8 Å². The SMILES string of the molecule is CC(=O)O[C@H]1[C@@H]2CO[C@@H]2[C@@H]2OCOCCOCO[C@H]3C(=O)[C@@]2(C)[C@@H]1[C@H](OC(=O)c1ccccc1)[C@]1(O)C[C@H](OC(=O)[C@H](O)[C@@H](NC(=O)OC(C)(C)C)c2ccccc2)C(C)=C3C1(C)C. The number of ketones is 1. The van der Waals surface area contributed by atoms with Gasteiger partial charge in [-0.3, -0.25) is 9.59 Å². The number of amides is 1. The second-order valence-electron chi connectivity index (χ2n) is 18.8. The highest BCUT2D eigenvalue weighted by Gasteiger charge is 2.75. The summed E-state index contributed by atoms with van der Waals surface area (Å²) < 4.78 is 54.7. The number of alkyl carbamates (subject to hydrolysis) is 1. The van der Waals surface area contributed by atoms with Crippen molar-refractivity contribution in [3.05, 3.63) is 82.9 Å². The Kier molecular flexibility index (Phi) is 13.5. The molecule has 7 rings (SSSR count). The summed E-state index contributed by atoms with van der Waals surface area (Å²) in [6, 6.07) is 15.0. The van der Waals surface area contributed by atoms with E-state index in [-0.39, 0.29) is 37.8 Å². The highest BCUT2D eigenvalue weighted by molar-refractivity contribution is 5.94. The average Bonchev–Trinajstić information content (AvgIpc) is 3.21. The molecule has 3 N–H and O–H groups in total. The van der Waals surface area contributed by atoms with Gasteiger partial charge in [0.25, 0.3) is 0 Å². The third kappa shape index (κ3) is 8.71. The topological polar surface area (TPSA) is 221 Å². The van der Waals surface area contributed by atoms with Gasteiger partial charge in [0.2, 0.25) is 0 Å². The van der Waals surface area contributed by atoms with E-state index in [1.54, 1.807) is 97.0 Å². The fourth-order valence-electron chi connectivity index (χ4n) is 10.2. The standard InChI is InChI=1S/C47H59NO16/c1-25-30(62-42(53)34(50)33(27-15-11-9-12-16-27)48-43(54)64-44(3,4)5)21-47(55)39(63-41(52)28-17-13-10-14-18-28)32-35(61-26(2)49)29-22-58-36(29)40-46(32,8)38(51)37(31(25)45(47,6)7)59-23-56-19-20-57-24-60-40/h9-18,29-30,32-37,39-40,50,55H,19-24H2,1-8H3,(H,48,54)/t29-,30-,32-,33-,34+,35-,36-,37+,39-,40-,46+,47+/m0/s1. The van der Waals surface area contributed by atoms with Gasteiger partial charge in [-0.05, 0) is 63.5 Å². The zero-order valence-corrected chi connectivity index (χ0v) is 37.4. The van der Waals surface area contributed by atoms with Crippen LogP contribution in [0.2, 0.25) is 0 Å². The summed E-state index contributed by atoms with van der Waals surface area (Å²) in [5, 5.41) is 28.2. The van der Waals surface area contributed by atoms with Crippen LogP contribution in [0, 0.1) is 22.7 Å². The van der Waals surface area contributed by atoms with E-state index in [1.807, 2.05) is 0 Å². The molecule has 0 radical (unpaired) electrons. The normalized spacial score (nSPS) is 33.4. The second kappa shape index (κ2) is 18.3. The molecule has 4 fully saturated rings. The van der Waals surface area contributed by atoms with Gasteiger partial charge in [-0.25, -0.2) is 14.4 Å². The van der Waals surface area contributed by atoms with E-state index in [2.05, 4.69) is 5.32 Å². The zero-order chi connectivity index (χ0) is 46.4. The van der Waals surface area contributed by atoms with Crippen LogP contribution in [0.15, 0.2) is 71.8 Å². The van der Waals surface area contributed by atoms with E-state index in [1.165, 1.54) is 19.1 Å². The third-order valence-electron chi connectivity index (χ3n) is 13.5. The first kappa shape index (κ1) is 47.2. The van der Waals surface area contributed by atoms with Crippen LogP contribution >= 0.6 is 0 Å². The fraction of sp³-hybridized carbons (Fsp3) is 0.596. The summed E-state index contributed by atoms with van der Waals surface area (Å²) in [6.07, 6.45) is -11.1. The monoisotopic (exact) mass is 893 g/mol. The lowest BCUT2D eigenvalue weighted by Gasteiger charge is -2.65. The molecule has 2 saturated heterocycles. The molecule has 2 heterocycles. The minimum atomic E-state index is -2.27. The van der Waals surface area contributed by atoms with Gasteiger partial charge >= 0.3 is 24.0 Å². The van der Waals surface area contributed by atoms with Crippen LogP contribution in [0.3, 0.4) is 0 Å². The highest BCUT2D eigenvalue weighted by Crippen LogP contribution is 2.63. The smallest absolute Gasteiger partial charge is 0.408 e. The second-order valence-corrected chi connectivity index (χ2v) is 18.8. The van der Waals surface area contributed by atoms with Crippen LogP contribution in [-0.2, 0) is 57.0 Å². The number of carbonyl (C=O) groups excluding carboxylic acids is 5. The summed E-state index contributed by atoms with van der Waals surface area (Å²) >= 11 is 0. The van der Waals surface area contributed by atoms with Crippen molar-refractivity contribution >= 4 is 29.8 Å². The van der Waals surface area contributed by atoms with E-state index in [0.29, 0.717) is 11.1 Å². The number of ether oxygens (including phenoxy) is 9. The Morgan fingerprint density at radius 1 is 0.875 bits per heavy atom. The summed E-state index contributed by atoms with van der Waals surface area (Å²) in [4.78, 5) is 70.9. The van der Waals surface area contributed by atoms with E-state index in [0.717, 1.165) is 0 Å². The number of nitrogens with one attached hydrogen (secondary N) is 1. The lowest BCUT2D eigenvalue weighted by Crippen LogP contribution is -2.78. The van der Waals surface area contributed by atoms with Crippen molar-refractivity contribution in [2.24, 2.45) is 22.7 Å². The molecule has 2 aromatic rings. The van der Waals surface area contributed by atoms with E-state index in [9.17, 15) is 29.4 Å². The van der Waals surface area contributed by atoms with Crippen molar-refractivity contribution in [1.29, 1.82) is 0 Å². The first-order chi connectivity index (χ1) is 30.2. The molecule has 17 heteroatoms. The number of rotatable bonds is 8. The van der Waals surface area contributed by atoms with Gasteiger partial charge < -0.3 is 58.2 Å². The van der Waals surface area contributed by atoms with Gasteiger partial charge in [0.1, 0.15) is 49.2 Å². The number of Topliss-reactive ketones (excluding diaryl/α,β-unsaturated/α-hetero) is 1.